The highest BCUT2D eigenvalue weighted by molar-refractivity contribution is 7.92. The van der Waals surface area contributed by atoms with Crippen LogP contribution in [0.3, 0.4) is 0 Å². The molecule has 1 heterocycles. The number of carboxylic acids is 1. The first-order chi connectivity index (χ1) is 9.87. The van der Waals surface area contributed by atoms with Crippen molar-refractivity contribution in [3.8, 4) is 0 Å². The average molecular weight is 313 g/mol. The fraction of sp³-hybridized carbons (Fsp3) is 0.167. The maximum atomic E-state index is 13.3. The van der Waals surface area contributed by atoms with Crippen LogP contribution in [0, 0.1) is 5.82 Å². The second-order valence-corrected chi connectivity index (χ2v) is 5.87. The summed E-state index contributed by atoms with van der Waals surface area (Å²) < 4.78 is 39.2. The van der Waals surface area contributed by atoms with Crippen LogP contribution in [0.5, 0.6) is 0 Å². The van der Waals surface area contributed by atoms with E-state index in [1.54, 1.807) is 6.92 Å². The number of carboxylic acid groups (broad SMARTS) is 1. The van der Waals surface area contributed by atoms with Gasteiger partial charge in [0.1, 0.15) is 11.4 Å². The minimum absolute atomic E-state index is 0.00384. The Morgan fingerprint density at radius 1 is 1.48 bits per heavy atom. The highest BCUT2D eigenvalue weighted by Gasteiger charge is 2.30. The smallest absolute Gasteiger partial charge is 0.340 e. The molecule has 9 heteroatoms. The van der Waals surface area contributed by atoms with Crippen LogP contribution in [0.25, 0.3) is 0 Å². The molecule has 112 valence electrons. The number of hydrogen-bond acceptors (Lipinski definition) is 4. The van der Waals surface area contributed by atoms with Crippen molar-refractivity contribution in [1.29, 1.82) is 0 Å². The first-order valence-corrected chi connectivity index (χ1v) is 7.37. The summed E-state index contributed by atoms with van der Waals surface area (Å²) in [5.74, 6) is -2.01. The zero-order valence-electron chi connectivity index (χ0n) is 10.9. The number of nitrogens with one attached hydrogen (secondary N) is 1. The van der Waals surface area contributed by atoms with E-state index < -0.39 is 32.4 Å². The van der Waals surface area contributed by atoms with Crippen LogP contribution in [-0.4, -0.2) is 36.2 Å². The van der Waals surface area contributed by atoms with Crippen LogP contribution in [0.2, 0.25) is 0 Å². The van der Waals surface area contributed by atoms with E-state index in [4.69, 9.17) is 5.11 Å². The molecule has 7 nitrogen and oxygen atoms in total. The SMILES string of the molecule is CCN(c1cccc(F)c1)S(=O)(=O)c1[nH]ncc1C(=O)O. The molecule has 0 aliphatic rings. The lowest BCUT2D eigenvalue weighted by Gasteiger charge is -2.22. The Labute approximate surface area is 120 Å². The van der Waals surface area contributed by atoms with Crippen LogP contribution < -0.4 is 4.31 Å². The Kier molecular flexibility index (Phi) is 3.94. The Balaban J connectivity index is 2.55. The molecule has 0 spiro atoms. The van der Waals surface area contributed by atoms with Gasteiger partial charge in [-0.2, -0.15) is 13.5 Å². The van der Waals surface area contributed by atoms with Gasteiger partial charge in [-0.15, -0.1) is 0 Å². The molecule has 2 rings (SSSR count). The van der Waals surface area contributed by atoms with Crippen molar-refractivity contribution in [2.24, 2.45) is 0 Å². The minimum atomic E-state index is -4.19. The lowest BCUT2D eigenvalue weighted by Crippen LogP contribution is -2.32. The van der Waals surface area contributed by atoms with Crippen molar-refractivity contribution in [1.82, 2.24) is 10.2 Å². The lowest BCUT2D eigenvalue weighted by atomic mass is 10.3. The average Bonchev–Trinajstić information content (AvgIpc) is 2.89. The van der Waals surface area contributed by atoms with Gasteiger partial charge in [-0.1, -0.05) is 6.07 Å². The number of H-pyrrole nitrogens is 1. The molecule has 0 radical (unpaired) electrons. The van der Waals surface area contributed by atoms with E-state index in [2.05, 4.69) is 10.2 Å². The van der Waals surface area contributed by atoms with Gasteiger partial charge in [-0.05, 0) is 25.1 Å². The summed E-state index contributed by atoms with van der Waals surface area (Å²) in [6, 6.07) is 5.02. The first kappa shape index (κ1) is 15.0. The number of rotatable bonds is 5. The number of nitrogens with zero attached hydrogens (tertiary/aromatic N) is 2. The molecular formula is C12H12FN3O4S. The van der Waals surface area contributed by atoms with Crippen molar-refractivity contribution in [3.05, 3.63) is 41.8 Å². The topological polar surface area (TPSA) is 103 Å². The highest BCUT2D eigenvalue weighted by atomic mass is 32.2. The molecule has 0 fully saturated rings. The summed E-state index contributed by atoms with van der Waals surface area (Å²) in [5.41, 5.74) is -0.367. The predicted octanol–water partition coefficient (Wildman–Crippen LogP) is 1.46. The molecule has 1 aromatic heterocycles. The van der Waals surface area contributed by atoms with E-state index in [-0.39, 0.29) is 12.2 Å². The third-order valence-electron chi connectivity index (χ3n) is 2.77. The second kappa shape index (κ2) is 5.52. The van der Waals surface area contributed by atoms with Crippen LogP contribution in [0.4, 0.5) is 10.1 Å². The number of aromatic amines is 1. The summed E-state index contributed by atoms with van der Waals surface area (Å²) >= 11 is 0. The van der Waals surface area contributed by atoms with E-state index in [1.165, 1.54) is 18.2 Å². The van der Waals surface area contributed by atoms with Crippen molar-refractivity contribution in [2.75, 3.05) is 10.8 Å². The molecule has 0 amide bonds. The second-order valence-electron chi connectivity index (χ2n) is 4.07. The van der Waals surface area contributed by atoms with Gasteiger partial charge < -0.3 is 5.11 Å². The van der Waals surface area contributed by atoms with Gasteiger partial charge >= 0.3 is 5.97 Å². The molecule has 0 saturated carbocycles. The number of hydrogen-bond donors (Lipinski definition) is 2. The molecule has 0 unspecified atom stereocenters. The van der Waals surface area contributed by atoms with Crippen molar-refractivity contribution in [3.63, 3.8) is 0 Å². The molecule has 0 aliphatic heterocycles. The Morgan fingerprint density at radius 3 is 2.76 bits per heavy atom. The van der Waals surface area contributed by atoms with Crippen molar-refractivity contribution >= 4 is 21.7 Å². The molecule has 0 atom stereocenters. The Bertz CT molecular complexity index is 772. The van der Waals surface area contributed by atoms with E-state index in [0.29, 0.717) is 0 Å². The van der Waals surface area contributed by atoms with Gasteiger partial charge in [0, 0.05) is 6.54 Å². The van der Waals surface area contributed by atoms with Crippen molar-refractivity contribution in [2.45, 2.75) is 11.9 Å². The molecule has 2 N–H and O–H groups in total. The zero-order valence-corrected chi connectivity index (χ0v) is 11.8. The third kappa shape index (κ3) is 2.72. The van der Waals surface area contributed by atoms with Crippen LogP contribution in [-0.2, 0) is 10.0 Å². The molecule has 0 bridgehead atoms. The largest absolute Gasteiger partial charge is 0.478 e. The predicted molar refractivity (Wildman–Crippen MR) is 72.2 cm³/mol. The highest BCUT2D eigenvalue weighted by Crippen LogP contribution is 2.24. The van der Waals surface area contributed by atoms with E-state index in [0.717, 1.165) is 16.6 Å². The fourth-order valence-electron chi connectivity index (χ4n) is 1.86. The Hall–Kier alpha value is -2.42. The number of aromatic carboxylic acids is 1. The first-order valence-electron chi connectivity index (χ1n) is 5.93. The molecule has 1 aromatic carbocycles. The van der Waals surface area contributed by atoms with Gasteiger partial charge in [0.2, 0.25) is 0 Å². The van der Waals surface area contributed by atoms with Gasteiger partial charge in [0.25, 0.3) is 10.0 Å². The van der Waals surface area contributed by atoms with Gasteiger partial charge in [-0.3, -0.25) is 9.40 Å². The minimum Gasteiger partial charge on any atom is -0.478 e. The molecule has 21 heavy (non-hydrogen) atoms. The maximum Gasteiger partial charge on any atom is 0.340 e. The van der Waals surface area contributed by atoms with Crippen molar-refractivity contribution < 1.29 is 22.7 Å². The molecular weight excluding hydrogens is 301 g/mol. The summed E-state index contributed by atoms with van der Waals surface area (Å²) in [7, 11) is -4.19. The van der Waals surface area contributed by atoms with E-state index in [1.807, 2.05) is 0 Å². The van der Waals surface area contributed by atoms with E-state index >= 15 is 0 Å². The number of halogens is 1. The quantitative estimate of drug-likeness (QED) is 0.870. The Morgan fingerprint density at radius 2 is 2.19 bits per heavy atom. The number of carbonyl (C=O) groups is 1. The summed E-state index contributed by atoms with van der Waals surface area (Å²) in [6.45, 7) is 1.56. The monoisotopic (exact) mass is 313 g/mol. The van der Waals surface area contributed by atoms with Crippen LogP contribution in [0.15, 0.2) is 35.5 Å². The normalized spacial score (nSPS) is 11.3. The van der Waals surface area contributed by atoms with Crippen LogP contribution >= 0.6 is 0 Å². The third-order valence-corrected chi connectivity index (χ3v) is 4.64. The van der Waals surface area contributed by atoms with E-state index in [9.17, 15) is 17.6 Å². The maximum absolute atomic E-state index is 13.3. The molecule has 0 saturated heterocycles. The number of benzene rings is 1. The van der Waals surface area contributed by atoms with Gasteiger partial charge in [-0.25, -0.2) is 9.18 Å². The van der Waals surface area contributed by atoms with Crippen LogP contribution in [0.1, 0.15) is 17.3 Å². The number of aromatic nitrogens is 2. The fourth-order valence-corrected chi connectivity index (χ4v) is 3.39. The lowest BCUT2D eigenvalue weighted by molar-refractivity contribution is 0.0692. The molecule has 2 aromatic rings. The van der Waals surface area contributed by atoms with Gasteiger partial charge in [0.15, 0.2) is 5.03 Å². The van der Waals surface area contributed by atoms with Gasteiger partial charge in [0.05, 0.1) is 11.9 Å². The number of anilines is 1. The summed E-state index contributed by atoms with van der Waals surface area (Å²) in [6.07, 6.45) is 0.911. The standard InChI is InChI=1S/C12H12FN3O4S/c1-2-16(9-5-3-4-8(13)6-9)21(19,20)11-10(12(17)18)7-14-15-11/h3-7H,2H2,1H3,(H,14,15)(H,17,18). The number of sulfonamides is 1. The zero-order chi connectivity index (χ0) is 15.6. The summed E-state index contributed by atoms with van der Waals surface area (Å²) in [5, 5.41) is 14.1. The summed E-state index contributed by atoms with van der Waals surface area (Å²) in [4.78, 5) is 11.0. The molecule has 0 aliphatic carbocycles.